The molecule has 0 aliphatic rings. The summed E-state index contributed by atoms with van der Waals surface area (Å²) < 4.78 is 0. The molecule has 15 heavy (non-hydrogen) atoms. The van der Waals surface area contributed by atoms with Crippen molar-refractivity contribution < 1.29 is 0 Å². The van der Waals surface area contributed by atoms with Crippen LogP contribution in [0.1, 0.15) is 52.0 Å². The van der Waals surface area contributed by atoms with E-state index in [9.17, 15) is 0 Å². The van der Waals surface area contributed by atoms with E-state index in [0.29, 0.717) is 0 Å². The van der Waals surface area contributed by atoms with Gasteiger partial charge in [-0.15, -0.1) is 0 Å². The number of hydrogen-bond acceptors (Lipinski definition) is 0. The Balaban J connectivity index is 2.81. The molecule has 0 N–H and O–H groups in total. The molecule has 2 atom stereocenters. The van der Waals surface area contributed by atoms with Gasteiger partial charge in [-0.25, -0.2) is 0 Å². The van der Waals surface area contributed by atoms with E-state index in [0.717, 1.165) is 17.8 Å². The standard InChI is InChI=1S/C15H24/c1-5-13(4)15(11-12(2)3)14-9-7-6-8-10-14/h6-10,12-13,15H,5,11H2,1-4H3. The SMILES string of the molecule is CCC(C)C(CC(C)C)c1ccccc1. The van der Waals surface area contributed by atoms with Gasteiger partial charge in [-0.05, 0) is 29.7 Å². The predicted octanol–water partition coefficient (Wildman–Crippen LogP) is 4.86. The van der Waals surface area contributed by atoms with Crippen molar-refractivity contribution in [1.29, 1.82) is 0 Å². The zero-order valence-electron chi connectivity index (χ0n) is 10.5. The summed E-state index contributed by atoms with van der Waals surface area (Å²) >= 11 is 0. The minimum atomic E-state index is 0.733. The second-order valence-electron chi connectivity index (χ2n) is 5.03. The molecule has 0 nitrogen and oxygen atoms in total. The highest BCUT2D eigenvalue weighted by Gasteiger charge is 2.18. The minimum Gasteiger partial charge on any atom is -0.0651 e. The summed E-state index contributed by atoms with van der Waals surface area (Å²) in [5, 5.41) is 0. The highest BCUT2D eigenvalue weighted by molar-refractivity contribution is 5.20. The van der Waals surface area contributed by atoms with Gasteiger partial charge in [0.2, 0.25) is 0 Å². The van der Waals surface area contributed by atoms with Crippen LogP contribution in [0.5, 0.6) is 0 Å². The summed E-state index contributed by atoms with van der Waals surface area (Å²) in [4.78, 5) is 0. The van der Waals surface area contributed by atoms with E-state index in [1.807, 2.05) is 0 Å². The molecule has 0 heterocycles. The van der Waals surface area contributed by atoms with Crippen molar-refractivity contribution in [1.82, 2.24) is 0 Å². The van der Waals surface area contributed by atoms with Crippen molar-refractivity contribution in [3.63, 3.8) is 0 Å². The Hall–Kier alpha value is -0.780. The van der Waals surface area contributed by atoms with Crippen molar-refractivity contribution in [2.75, 3.05) is 0 Å². The summed E-state index contributed by atoms with van der Waals surface area (Å²) in [6, 6.07) is 11.0. The van der Waals surface area contributed by atoms with Gasteiger partial charge in [-0.1, -0.05) is 64.4 Å². The first-order valence-electron chi connectivity index (χ1n) is 6.20. The Morgan fingerprint density at radius 3 is 2.07 bits per heavy atom. The summed E-state index contributed by atoms with van der Waals surface area (Å²) in [6.07, 6.45) is 2.57. The third-order valence-electron chi connectivity index (χ3n) is 3.28. The zero-order chi connectivity index (χ0) is 11.3. The second-order valence-corrected chi connectivity index (χ2v) is 5.03. The van der Waals surface area contributed by atoms with Crippen LogP contribution in [0, 0.1) is 11.8 Å². The third kappa shape index (κ3) is 3.70. The van der Waals surface area contributed by atoms with E-state index in [4.69, 9.17) is 0 Å². The van der Waals surface area contributed by atoms with Crippen LogP contribution < -0.4 is 0 Å². The van der Waals surface area contributed by atoms with Gasteiger partial charge < -0.3 is 0 Å². The molecule has 0 spiro atoms. The highest BCUT2D eigenvalue weighted by Crippen LogP contribution is 2.32. The Bertz CT molecular complexity index is 261. The van der Waals surface area contributed by atoms with Crippen molar-refractivity contribution in [2.45, 2.75) is 46.5 Å². The van der Waals surface area contributed by atoms with Crippen molar-refractivity contribution in [2.24, 2.45) is 11.8 Å². The summed E-state index contributed by atoms with van der Waals surface area (Å²) in [7, 11) is 0. The molecule has 0 saturated carbocycles. The van der Waals surface area contributed by atoms with Crippen molar-refractivity contribution in [3.8, 4) is 0 Å². The van der Waals surface area contributed by atoms with E-state index in [2.05, 4.69) is 58.0 Å². The largest absolute Gasteiger partial charge is 0.0651 e. The van der Waals surface area contributed by atoms with Crippen molar-refractivity contribution >= 4 is 0 Å². The molecule has 0 radical (unpaired) electrons. The molecule has 1 rings (SSSR count). The molecule has 1 aromatic rings. The number of hydrogen-bond donors (Lipinski definition) is 0. The molecule has 1 aromatic carbocycles. The predicted molar refractivity (Wildman–Crippen MR) is 68.1 cm³/mol. The molecule has 84 valence electrons. The van der Waals surface area contributed by atoms with Gasteiger partial charge in [-0.2, -0.15) is 0 Å². The molecular weight excluding hydrogens is 180 g/mol. The highest BCUT2D eigenvalue weighted by atomic mass is 14.2. The lowest BCUT2D eigenvalue weighted by molar-refractivity contribution is 0.377. The lowest BCUT2D eigenvalue weighted by Crippen LogP contribution is -2.11. The Kier molecular flexibility index (Phi) is 4.87. The normalized spacial score (nSPS) is 15.3. The van der Waals surface area contributed by atoms with Crippen LogP contribution >= 0.6 is 0 Å². The second kappa shape index (κ2) is 5.95. The zero-order valence-corrected chi connectivity index (χ0v) is 10.5. The Morgan fingerprint density at radius 1 is 1.00 bits per heavy atom. The minimum absolute atomic E-state index is 0.733. The average Bonchev–Trinajstić information content (AvgIpc) is 2.26. The fourth-order valence-electron chi connectivity index (χ4n) is 2.19. The van der Waals surface area contributed by atoms with E-state index in [-0.39, 0.29) is 0 Å². The van der Waals surface area contributed by atoms with Crippen LogP contribution in [-0.4, -0.2) is 0 Å². The fraction of sp³-hybridized carbons (Fsp3) is 0.600. The molecular formula is C15H24. The summed E-state index contributed by atoms with van der Waals surface area (Å²) in [5.41, 5.74) is 1.51. The van der Waals surface area contributed by atoms with Gasteiger partial charge in [0, 0.05) is 0 Å². The van der Waals surface area contributed by atoms with Crippen LogP contribution in [0.4, 0.5) is 0 Å². The monoisotopic (exact) mass is 204 g/mol. The molecule has 0 amide bonds. The lowest BCUT2D eigenvalue weighted by Gasteiger charge is -2.25. The van der Waals surface area contributed by atoms with E-state index in [1.165, 1.54) is 18.4 Å². The molecule has 0 saturated heterocycles. The number of rotatable bonds is 5. The van der Waals surface area contributed by atoms with Gasteiger partial charge in [-0.3, -0.25) is 0 Å². The topological polar surface area (TPSA) is 0 Å². The molecule has 0 aromatic heterocycles. The van der Waals surface area contributed by atoms with Crippen LogP contribution in [0.15, 0.2) is 30.3 Å². The first kappa shape index (κ1) is 12.3. The van der Waals surface area contributed by atoms with Crippen LogP contribution in [-0.2, 0) is 0 Å². The Morgan fingerprint density at radius 2 is 1.60 bits per heavy atom. The smallest absolute Gasteiger partial charge is 0.0134 e. The Labute approximate surface area is 94.7 Å². The lowest BCUT2D eigenvalue weighted by atomic mass is 9.80. The van der Waals surface area contributed by atoms with Crippen LogP contribution in [0.2, 0.25) is 0 Å². The quantitative estimate of drug-likeness (QED) is 0.642. The molecule has 0 heteroatoms. The van der Waals surface area contributed by atoms with Crippen molar-refractivity contribution in [3.05, 3.63) is 35.9 Å². The maximum Gasteiger partial charge on any atom is -0.0134 e. The van der Waals surface area contributed by atoms with E-state index < -0.39 is 0 Å². The first-order chi connectivity index (χ1) is 7.15. The summed E-state index contributed by atoms with van der Waals surface area (Å²) in [6.45, 7) is 9.30. The first-order valence-corrected chi connectivity index (χ1v) is 6.20. The van der Waals surface area contributed by atoms with Gasteiger partial charge in [0.1, 0.15) is 0 Å². The van der Waals surface area contributed by atoms with Gasteiger partial charge in [0.15, 0.2) is 0 Å². The van der Waals surface area contributed by atoms with E-state index >= 15 is 0 Å². The molecule has 0 fully saturated rings. The van der Waals surface area contributed by atoms with Gasteiger partial charge in [0.25, 0.3) is 0 Å². The number of benzene rings is 1. The maximum atomic E-state index is 2.38. The van der Waals surface area contributed by atoms with Crippen LogP contribution in [0.25, 0.3) is 0 Å². The van der Waals surface area contributed by atoms with E-state index in [1.54, 1.807) is 0 Å². The maximum absolute atomic E-state index is 2.38. The van der Waals surface area contributed by atoms with Gasteiger partial charge in [0.05, 0.1) is 0 Å². The molecule has 0 bridgehead atoms. The molecule has 0 aliphatic carbocycles. The van der Waals surface area contributed by atoms with Gasteiger partial charge >= 0.3 is 0 Å². The molecule has 0 aliphatic heterocycles. The average molecular weight is 204 g/mol. The van der Waals surface area contributed by atoms with Crippen LogP contribution in [0.3, 0.4) is 0 Å². The molecule has 2 unspecified atom stereocenters. The fourth-order valence-corrected chi connectivity index (χ4v) is 2.19. The summed E-state index contributed by atoms with van der Waals surface area (Å²) in [5.74, 6) is 2.30. The third-order valence-corrected chi connectivity index (χ3v) is 3.28.